The molecule has 0 aliphatic rings. The molecular weight excluding hydrogens is 152 g/mol. The molecule has 0 bridgehead atoms. The molecule has 0 aromatic rings. The van der Waals surface area contributed by atoms with Crippen LogP contribution in [0.1, 0.15) is 40.0 Å². The number of carbonyl (C=O) groups is 1. The fraction of sp³-hybridized carbons (Fsp3) is 0.700. The summed E-state index contributed by atoms with van der Waals surface area (Å²) in [5.41, 5.74) is 0. The van der Waals surface area contributed by atoms with Crippen LogP contribution in [0.2, 0.25) is 0 Å². The molecule has 0 spiro atoms. The second-order valence-corrected chi connectivity index (χ2v) is 2.22. The van der Waals surface area contributed by atoms with Gasteiger partial charge in [-0.1, -0.05) is 32.4 Å². The molecule has 12 heavy (non-hydrogen) atoms. The average molecular weight is 172 g/mol. The number of rotatable bonds is 5. The Labute approximate surface area is 75.6 Å². The third kappa shape index (κ3) is 22.9. The zero-order valence-electron chi connectivity index (χ0n) is 8.38. The highest BCUT2D eigenvalue weighted by molar-refractivity contribution is 5.36. The predicted octanol–water partition coefficient (Wildman–Crippen LogP) is 2.93. The second kappa shape index (κ2) is 16.7. The fourth-order valence-electron chi connectivity index (χ4n) is 0.519. The Morgan fingerprint density at radius 2 is 1.83 bits per heavy atom. The van der Waals surface area contributed by atoms with Crippen molar-refractivity contribution in [2.24, 2.45) is 0 Å². The molecular formula is C10H20O2. The van der Waals surface area contributed by atoms with Crippen LogP contribution in [0, 0.1) is 0 Å². The van der Waals surface area contributed by atoms with Crippen LogP contribution in [-0.2, 0) is 9.53 Å². The van der Waals surface area contributed by atoms with Gasteiger partial charge in [0.15, 0.2) is 0 Å². The van der Waals surface area contributed by atoms with Crippen LogP contribution in [0.25, 0.3) is 0 Å². The van der Waals surface area contributed by atoms with Crippen LogP contribution in [0.4, 0.5) is 0 Å². The highest BCUT2D eigenvalue weighted by atomic mass is 16.5. The molecule has 0 fully saturated rings. The number of carbonyl (C=O) groups excluding carboxylic acids is 1. The van der Waals surface area contributed by atoms with Crippen molar-refractivity contribution >= 4 is 6.47 Å². The van der Waals surface area contributed by atoms with Gasteiger partial charge in [0.1, 0.15) is 0 Å². The number of unbranched alkanes of at least 4 members (excludes halogenated alkanes) is 1. The van der Waals surface area contributed by atoms with Gasteiger partial charge >= 0.3 is 0 Å². The van der Waals surface area contributed by atoms with E-state index < -0.39 is 0 Å². The minimum absolute atomic E-state index is 0.431. The maximum absolute atomic E-state index is 9.18. The minimum Gasteiger partial charge on any atom is -0.468 e. The molecule has 2 heteroatoms. The molecule has 0 aromatic heterocycles. The third-order valence-corrected chi connectivity index (χ3v) is 1.09. The fourth-order valence-corrected chi connectivity index (χ4v) is 0.519. The lowest BCUT2D eigenvalue weighted by atomic mass is 10.3. The van der Waals surface area contributed by atoms with E-state index in [0.29, 0.717) is 13.1 Å². The smallest absolute Gasteiger partial charge is 0.293 e. The highest BCUT2D eigenvalue weighted by Crippen LogP contribution is 1.88. The number of ether oxygens (including phenoxy) is 1. The molecule has 0 unspecified atom stereocenters. The Hall–Kier alpha value is -0.790. The lowest BCUT2D eigenvalue weighted by Crippen LogP contribution is -1.80. The summed E-state index contributed by atoms with van der Waals surface area (Å²) in [4.78, 5) is 9.18. The first kappa shape index (κ1) is 13.8. The van der Waals surface area contributed by atoms with Crippen molar-refractivity contribution in [3.63, 3.8) is 0 Å². The molecule has 0 radical (unpaired) electrons. The molecule has 0 atom stereocenters. The summed E-state index contributed by atoms with van der Waals surface area (Å²) < 4.78 is 4.15. The Balaban J connectivity index is 0. The molecule has 0 aliphatic carbocycles. The molecule has 0 saturated carbocycles. The van der Waals surface area contributed by atoms with E-state index in [1.165, 1.54) is 19.3 Å². The summed E-state index contributed by atoms with van der Waals surface area (Å²) in [6, 6.07) is 0. The highest BCUT2D eigenvalue weighted by Gasteiger charge is 1.68. The van der Waals surface area contributed by atoms with E-state index in [-0.39, 0.29) is 0 Å². The summed E-state index contributed by atoms with van der Waals surface area (Å²) >= 11 is 0. The molecule has 0 saturated heterocycles. The summed E-state index contributed by atoms with van der Waals surface area (Å²) in [6.45, 7) is 7.02. The molecule has 0 aliphatic heterocycles. The van der Waals surface area contributed by atoms with Gasteiger partial charge in [0, 0.05) is 0 Å². The normalized spacial score (nSPS) is 8.92. The number of hydrogen-bond acceptors (Lipinski definition) is 2. The monoisotopic (exact) mass is 172 g/mol. The van der Waals surface area contributed by atoms with Crippen molar-refractivity contribution < 1.29 is 9.53 Å². The van der Waals surface area contributed by atoms with Gasteiger partial charge in [-0.3, -0.25) is 4.79 Å². The summed E-state index contributed by atoms with van der Waals surface area (Å²) in [5.74, 6) is 0. The van der Waals surface area contributed by atoms with Gasteiger partial charge in [-0.25, -0.2) is 0 Å². The Morgan fingerprint density at radius 1 is 1.17 bits per heavy atom. The standard InChI is InChI=1S/C7H14.C3H6O2/c1-3-5-7-6-4-2;1-2-5-3-4/h5,7H,3-4,6H2,1-2H3;3H,2H2,1H3. The van der Waals surface area contributed by atoms with Gasteiger partial charge in [-0.15, -0.1) is 0 Å². The topological polar surface area (TPSA) is 26.3 Å². The van der Waals surface area contributed by atoms with Crippen LogP contribution in [-0.4, -0.2) is 13.1 Å². The van der Waals surface area contributed by atoms with Crippen molar-refractivity contribution in [3.05, 3.63) is 12.2 Å². The van der Waals surface area contributed by atoms with Crippen LogP contribution >= 0.6 is 0 Å². The van der Waals surface area contributed by atoms with Crippen molar-refractivity contribution in [3.8, 4) is 0 Å². The molecule has 0 rings (SSSR count). The van der Waals surface area contributed by atoms with E-state index in [1.807, 2.05) is 0 Å². The van der Waals surface area contributed by atoms with Crippen LogP contribution < -0.4 is 0 Å². The zero-order valence-corrected chi connectivity index (χ0v) is 8.38. The Kier molecular flexibility index (Phi) is 19.1. The molecule has 0 amide bonds. The molecule has 0 heterocycles. The predicted molar refractivity (Wildman–Crippen MR) is 52.0 cm³/mol. The average Bonchev–Trinajstić information content (AvgIpc) is 2.08. The maximum atomic E-state index is 9.18. The quantitative estimate of drug-likeness (QED) is 0.471. The van der Waals surface area contributed by atoms with E-state index in [9.17, 15) is 4.79 Å². The van der Waals surface area contributed by atoms with Gasteiger partial charge < -0.3 is 4.74 Å². The molecule has 72 valence electrons. The van der Waals surface area contributed by atoms with Gasteiger partial charge in [0.25, 0.3) is 6.47 Å². The van der Waals surface area contributed by atoms with Crippen molar-refractivity contribution in [2.75, 3.05) is 6.61 Å². The van der Waals surface area contributed by atoms with Gasteiger partial charge in [-0.2, -0.15) is 0 Å². The maximum Gasteiger partial charge on any atom is 0.293 e. The van der Waals surface area contributed by atoms with Crippen molar-refractivity contribution in [1.29, 1.82) is 0 Å². The van der Waals surface area contributed by atoms with E-state index in [2.05, 4.69) is 30.7 Å². The van der Waals surface area contributed by atoms with Gasteiger partial charge in [0.05, 0.1) is 6.61 Å². The summed E-state index contributed by atoms with van der Waals surface area (Å²) in [6.07, 6.45) is 8.15. The summed E-state index contributed by atoms with van der Waals surface area (Å²) in [5, 5.41) is 0. The van der Waals surface area contributed by atoms with E-state index >= 15 is 0 Å². The van der Waals surface area contributed by atoms with E-state index in [4.69, 9.17) is 0 Å². The van der Waals surface area contributed by atoms with E-state index in [0.717, 1.165) is 0 Å². The van der Waals surface area contributed by atoms with Gasteiger partial charge in [-0.05, 0) is 19.8 Å². The molecule has 0 N–H and O–H groups in total. The second-order valence-electron chi connectivity index (χ2n) is 2.22. The first-order chi connectivity index (χ1) is 5.83. The summed E-state index contributed by atoms with van der Waals surface area (Å²) in [7, 11) is 0. The lowest BCUT2D eigenvalue weighted by molar-refractivity contribution is -0.128. The largest absolute Gasteiger partial charge is 0.468 e. The number of hydrogen-bond donors (Lipinski definition) is 0. The zero-order chi connectivity index (χ0) is 9.66. The van der Waals surface area contributed by atoms with Crippen LogP contribution in [0.3, 0.4) is 0 Å². The van der Waals surface area contributed by atoms with Crippen molar-refractivity contribution in [2.45, 2.75) is 40.0 Å². The SMILES string of the molecule is CCC=CCCC.CCOC=O. The first-order valence-electron chi connectivity index (χ1n) is 4.53. The minimum atomic E-state index is 0.431. The molecule has 2 nitrogen and oxygen atoms in total. The Morgan fingerprint density at radius 3 is 2.08 bits per heavy atom. The third-order valence-electron chi connectivity index (χ3n) is 1.09. The molecule has 0 aromatic carbocycles. The van der Waals surface area contributed by atoms with E-state index in [1.54, 1.807) is 6.92 Å². The number of allylic oxidation sites excluding steroid dienone is 2. The Bertz CT molecular complexity index is 98.0. The van der Waals surface area contributed by atoms with Crippen LogP contribution in [0.15, 0.2) is 12.2 Å². The lowest BCUT2D eigenvalue weighted by Gasteiger charge is -1.79. The van der Waals surface area contributed by atoms with Crippen LogP contribution in [0.5, 0.6) is 0 Å². The van der Waals surface area contributed by atoms with Gasteiger partial charge in [0.2, 0.25) is 0 Å². The first-order valence-corrected chi connectivity index (χ1v) is 4.53. The van der Waals surface area contributed by atoms with Crippen molar-refractivity contribution in [1.82, 2.24) is 0 Å².